The van der Waals surface area contributed by atoms with E-state index < -0.39 is 6.04 Å². The van der Waals surface area contributed by atoms with Crippen molar-refractivity contribution in [2.75, 3.05) is 41.0 Å². The Bertz CT molecular complexity index is 1160. The highest BCUT2D eigenvalue weighted by Crippen LogP contribution is 2.33. The standard InChI is InChI=1S/C26H35N5O5/c1-18(2)12-13-27-26(33)25(20-11-10-19(35-4)16-23(20)36-5)30(14-15-34-3)24(32)17-31-22-9-7-6-8-21(22)28-29-31/h6-11,16,18,25H,12-15,17H2,1-5H3,(H,27,33)/t25-/m0/s1. The molecule has 2 amide bonds. The van der Waals surface area contributed by atoms with Gasteiger partial charge >= 0.3 is 0 Å². The number of hydrogen-bond donors (Lipinski definition) is 1. The van der Waals surface area contributed by atoms with Crippen LogP contribution in [0.1, 0.15) is 31.9 Å². The molecule has 0 saturated heterocycles. The molecule has 0 bridgehead atoms. The van der Waals surface area contributed by atoms with Gasteiger partial charge in [-0.3, -0.25) is 9.59 Å². The van der Waals surface area contributed by atoms with Crippen molar-refractivity contribution in [3.8, 4) is 11.5 Å². The summed E-state index contributed by atoms with van der Waals surface area (Å²) in [5.74, 6) is 0.848. The molecule has 1 heterocycles. The van der Waals surface area contributed by atoms with Gasteiger partial charge in [-0.15, -0.1) is 5.10 Å². The fraction of sp³-hybridized carbons (Fsp3) is 0.462. The van der Waals surface area contributed by atoms with E-state index in [1.165, 1.54) is 16.7 Å². The van der Waals surface area contributed by atoms with Crippen molar-refractivity contribution in [3.63, 3.8) is 0 Å². The monoisotopic (exact) mass is 497 g/mol. The normalized spacial score (nSPS) is 11.9. The molecule has 0 fully saturated rings. The largest absolute Gasteiger partial charge is 0.497 e. The highest BCUT2D eigenvalue weighted by atomic mass is 16.5. The third-order valence-corrected chi connectivity index (χ3v) is 5.88. The van der Waals surface area contributed by atoms with Crippen LogP contribution in [-0.2, 0) is 20.9 Å². The third-order valence-electron chi connectivity index (χ3n) is 5.88. The second-order valence-corrected chi connectivity index (χ2v) is 8.80. The first-order valence-electron chi connectivity index (χ1n) is 12.0. The van der Waals surface area contributed by atoms with Crippen molar-refractivity contribution in [3.05, 3.63) is 48.0 Å². The lowest BCUT2D eigenvalue weighted by atomic mass is 10.0. The molecule has 1 atom stereocenters. The van der Waals surface area contributed by atoms with Crippen LogP contribution in [0, 0.1) is 5.92 Å². The number of methoxy groups -OCH3 is 3. The van der Waals surface area contributed by atoms with Crippen LogP contribution in [0.3, 0.4) is 0 Å². The molecule has 2 aromatic carbocycles. The highest BCUT2D eigenvalue weighted by Gasteiger charge is 2.34. The van der Waals surface area contributed by atoms with E-state index in [1.54, 1.807) is 32.4 Å². The van der Waals surface area contributed by atoms with Gasteiger partial charge in [-0.1, -0.05) is 31.2 Å². The summed E-state index contributed by atoms with van der Waals surface area (Å²) in [4.78, 5) is 28.8. The lowest BCUT2D eigenvalue weighted by molar-refractivity contribution is -0.142. The first-order valence-corrected chi connectivity index (χ1v) is 12.0. The van der Waals surface area contributed by atoms with Crippen LogP contribution in [0.15, 0.2) is 42.5 Å². The molecular formula is C26H35N5O5. The Morgan fingerprint density at radius 2 is 1.86 bits per heavy atom. The van der Waals surface area contributed by atoms with E-state index in [4.69, 9.17) is 14.2 Å². The quantitative estimate of drug-likeness (QED) is 0.387. The number of nitrogens with zero attached hydrogens (tertiary/aromatic N) is 4. The Balaban J connectivity index is 2.00. The van der Waals surface area contributed by atoms with Gasteiger partial charge in [0.05, 0.1) is 26.3 Å². The van der Waals surface area contributed by atoms with Gasteiger partial charge in [0.1, 0.15) is 29.6 Å². The van der Waals surface area contributed by atoms with Gasteiger partial charge in [-0.2, -0.15) is 0 Å². The van der Waals surface area contributed by atoms with E-state index in [2.05, 4.69) is 29.5 Å². The molecule has 3 aromatic rings. The summed E-state index contributed by atoms with van der Waals surface area (Å²) in [6.07, 6.45) is 0.815. The number of benzene rings is 2. The lowest BCUT2D eigenvalue weighted by Crippen LogP contribution is -2.46. The van der Waals surface area contributed by atoms with E-state index >= 15 is 0 Å². The van der Waals surface area contributed by atoms with E-state index in [-0.39, 0.29) is 31.5 Å². The van der Waals surface area contributed by atoms with Crippen molar-refractivity contribution >= 4 is 22.8 Å². The van der Waals surface area contributed by atoms with E-state index in [9.17, 15) is 9.59 Å². The van der Waals surface area contributed by atoms with Crippen molar-refractivity contribution in [2.45, 2.75) is 32.9 Å². The zero-order chi connectivity index (χ0) is 26.1. The molecule has 0 spiro atoms. The Labute approximate surface area is 211 Å². The minimum atomic E-state index is -0.949. The number of carbonyl (C=O) groups is 2. The van der Waals surface area contributed by atoms with Crippen LogP contribution in [0.2, 0.25) is 0 Å². The highest BCUT2D eigenvalue weighted by molar-refractivity contribution is 5.90. The molecule has 0 aliphatic carbocycles. The van der Waals surface area contributed by atoms with Crippen molar-refractivity contribution < 1.29 is 23.8 Å². The molecule has 0 unspecified atom stereocenters. The smallest absolute Gasteiger partial charge is 0.247 e. The molecule has 0 radical (unpaired) electrons. The fourth-order valence-corrected chi connectivity index (χ4v) is 3.92. The molecule has 1 aromatic heterocycles. The number of carbonyl (C=O) groups excluding carboxylic acids is 2. The van der Waals surface area contributed by atoms with Crippen LogP contribution < -0.4 is 14.8 Å². The van der Waals surface area contributed by atoms with Gasteiger partial charge in [-0.05, 0) is 36.6 Å². The summed E-state index contributed by atoms with van der Waals surface area (Å²) in [5.41, 5.74) is 1.97. The summed E-state index contributed by atoms with van der Waals surface area (Å²) in [6, 6.07) is 11.7. The number of nitrogens with one attached hydrogen (secondary N) is 1. The summed E-state index contributed by atoms with van der Waals surface area (Å²) in [5, 5.41) is 11.3. The number of hydrogen-bond acceptors (Lipinski definition) is 7. The summed E-state index contributed by atoms with van der Waals surface area (Å²) in [6.45, 7) is 5.03. The maximum absolute atomic E-state index is 13.7. The molecule has 194 valence electrons. The fourth-order valence-electron chi connectivity index (χ4n) is 3.92. The Hall–Kier alpha value is -3.66. The van der Waals surface area contributed by atoms with Gasteiger partial charge in [-0.25, -0.2) is 4.68 Å². The predicted molar refractivity (Wildman–Crippen MR) is 136 cm³/mol. The van der Waals surface area contributed by atoms with Crippen LogP contribution in [0.4, 0.5) is 0 Å². The zero-order valence-corrected chi connectivity index (χ0v) is 21.6. The molecule has 0 aliphatic heterocycles. The number of ether oxygens (including phenoxy) is 3. The SMILES string of the molecule is COCCN(C(=O)Cn1nnc2ccccc21)[C@H](C(=O)NCCC(C)C)c1ccc(OC)cc1OC. The summed E-state index contributed by atoms with van der Waals surface area (Å²) < 4.78 is 17.8. The number of amides is 2. The van der Waals surface area contributed by atoms with Gasteiger partial charge < -0.3 is 24.4 Å². The summed E-state index contributed by atoms with van der Waals surface area (Å²) >= 11 is 0. The van der Waals surface area contributed by atoms with Crippen LogP contribution >= 0.6 is 0 Å². The van der Waals surface area contributed by atoms with Crippen LogP contribution in [-0.4, -0.2) is 72.7 Å². The Kier molecular flexibility index (Phi) is 9.63. The maximum atomic E-state index is 13.7. The first kappa shape index (κ1) is 26.9. The van der Waals surface area contributed by atoms with E-state index in [1.807, 2.05) is 24.3 Å². The predicted octanol–water partition coefficient (Wildman–Crippen LogP) is 2.83. The Morgan fingerprint density at radius 3 is 2.56 bits per heavy atom. The Morgan fingerprint density at radius 1 is 1.08 bits per heavy atom. The average Bonchev–Trinajstić information content (AvgIpc) is 3.28. The van der Waals surface area contributed by atoms with Crippen molar-refractivity contribution in [1.82, 2.24) is 25.2 Å². The van der Waals surface area contributed by atoms with Crippen molar-refractivity contribution in [2.24, 2.45) is 5.92 Å². The molecule has 10 heteroatoms. The maximum Gasteiger partial charge on any atom is 0.247 e. The molecule has 10 nitrogen and oxygen atoms in total. The van der Waals surface area contributed by atoms with E-state index in [0.717, 1.165) is 11.9 Å². The summed E-state index contributed by atoms with van der Waals surface area (Å²) in [7, 11) is 4.63. The third kappa shape index (κ3) is 6.51. The van der Waals surface area contributed by atoms with Gasteiger partial charge in [0, 0.05) is 31.8 Å². The van der Waals surface area contributed by atoms with Gasteiger partial charge in [0.25, 0.3) is 0 Å². The van der Waals surface area contributed by atoms with Gasteiger partial charge in [0.2, 0.25) is 11.8 Å². The van der Waals surface area contributed by atoms with Crippen LogP contribution in [0.5, 0.6) is 11.5 Å². The second-order valence-electron chi connectivity index (χ2n) is 8.80. The molecule has 0 saturated carbocycles. The minimum Gasteiger partial charge on any atom is -0.497 e. The van der Waals surface area contributed by atoms with Crippen molar-refractivity contribution in [1.29, 1.82) is 0 Å². The van der Waals surface area contributed by atoms with E-state index in [0.29, 0.717) is 35.0 Å². The average molecular weight is 498 g/mol. The number of rotatable bonds is 13. The lowest BCUT2D eigenvalue weighted by Gasteiger charge is -2.32. The first-order chi connectivity index (χ1) is 17.4. The number of para-hydroxylation sites is 1. The number of aromatic nitrogens is 3. The van der Waals surface area contributed by atoms with Crippen LogP contribution in [0.25, 0.3) is 11.0 Å². The zero-order valence-electron chi connectivity index (χ0n) is 21.6. The topological polar surface area (TPSA) is 108 Å². The molecule has 36 heavy (non-hydrogen) atoms. The molecule has 1 N–H and O–H groups in total. The second kappa shape index (κ2) is 12.9. The molecular weight excluding hydrogens is 462 g/mol. The molecule has 0 aliphatic rings. The van der Waals surface area contributed by atoms with Gasteiger partial charge in [0.15, 0.2) is 0 Å². The number of fused-ring (bicyclic) bond motifs is 1. The molecule has 3 rings (SSSR count). The minimum absolute atomic E-state index is 0.0848.